The van der Waals surface area contributed by atoms with Gasteiger partial charge in [-0.2, -0.15) is 0 Å². The molecule has 1 aromatic carbocycles. The summed E-state index contributed by atoms with van der Waals surface area (Å²) in [6.45, 7) is 9.91. The number of benzene rings is 1. The van der Waals surface area contributed by atoms with Crippen LogP contribution >= 0.6 is 11.3 Å². The van der Waals surface area contributed by atoms with E-state index >= 15 is 0 Å². The molecule has 1 fully saturated rings. The van der Waals surface area contributed by atoms with E-state index in [1.165, 1.54) is 21.8 Å². The van der Waals surface area contributed by atoms with E-state index < -0.39 is 30.1 Å². The molecule has 48 heavy (non-hydrogen) atoms. The fraction of sp³-hybridized carbons (Fsp3) is 0.459. The van der Waals surface area contributed by atoms with Crippen LogP contribution in [-0.4, -0.2) is 57.7 Å². The number of hydrogen-bond donors (Lipinski definition) is 3. The highest BCUT2D eigenvalue weighted by molar-refractivity contribution is 7.10. The number of fused-ring (bicyclic) bond motifs is 1. The lowest BCUT2D eigenvalue weighted by Gasteiger charge is -2.50. The second-order valence-electron chi connectivity index (χ2n) is 13.0. The topological polar surface area (TPSA) is 142 Å². The fourth-order valence-electron chi connectivity index (χ4n) is 7.06. The number of rotatable bonds is 13. The van der Waals surface area contributed by atoms with E-state index in [1.54, 1.807) is 12.1 Å². The van der Waals surface area contributed by atoms with Crippen LogP contribution in [0.4, 0.5) is 4.79 Å². The van der Waals surface area contributed by atoms with E-state index in [2.05, 4.69) is 24.9 Å². The van der Waals surface area contributed by atoms with Crippen molar-refractivity contribution in [3.63, 3.8) is 0 Å². The van der Waals surface area contributed by atoms with E-state index in [1.807, 2.05) is 31.4 Å². The van der Waals surface area contributed by atoms with E-state index in [9.17, 15) is 29.4 Å². The van der Waals surface area contributed by atoms with Crippen molar-refractivity contribution in [1.29, 1.82) is 0 Å². The number of carboxylic acid groups (broad SMARTS) is 1. The minimum atomic E-state index is -1.32. The third-order valence-electron chi connectivity index (χ3n) is 9.49. The maximum atomic E-state index is 13.2. The summed E-state index contributed by atoms with van der Waals surface area (Å²) in [5.74, 6) is -2.11. The maximum absolute atomic E-state index is 13.2. The van der Waals surface area contributed by atoms with Gasteiger partial charge in [-0.05, 0) is 93.0 Å². The van der Waals surface area contributed by atoms with Crippen molar-refractivity contribution in [1.82, 2.24) is 10.2 Å². The number of aliphatic carboxylic acids is 1. The second kappa shape index (κ2) is 15.2. The molecular formula is C37H44N2O8S. The first-order chi connectivity index (χ1) is 23.0. The number of carbonyl (C=O) groups excluding carboxylic acids is 3. The van der Waals surface area contributed by atoms with Gasteiger partial charge in [-0.25, -0.2) is 9.59 Å². The van der Waals surface area contributed by atoms with Crippen molar-refractivity contribution in [3.05, 3.63) is 80.7 Å². The van der Waals surface area contributed by atoms with Gasteiger partial charge < -0.3 is 25.0 Å². The van der Waals surface area contributed by atoms with Gasteiger partial charge >= 0.3 is 12.1 Å². The Balaban J connectivity index is 1.32. The molecule has 1 aromatic heterocycles. The number of phenols is 1. The van der Waals surface area contributed by atoms with E-state index in [4.69, 9.17) is 9.47 Å². The molecule has 11 heteroatoms. The lowest BCUT2D eigenvalue weighted by molar-refractivity contribution is -0.156. The SMILES string of the molecule is C=C(C)[C@@H]1CCC(C)=C[C@H]1c1c(O)cc(CCCCC)cc1OC(=O)OCC1=C(C(=O)O)N2C(=O)[C@@H](NC(=O)Cc3cccs3)C2CC1. The van der Waals surface area contributed by atoms with Gasteiger partial charge in [-0.1, -0.05) is 49.6 Å². The Labute approximate surface area is 285 Å². The van der Waals surface area contributed by atoms with Gasteiger partial charge in [0.05, 0.1) is 12.5 Å². The summed E-state index contributed by atoms with van der Waals surface area (Å²) in [5.41, 5.74) is 3.50. The van der Waals surface area contributed by atoms with Crippen molar-refractivity contribution in [2.75, 3.05) is 6.61 Å². The molecule has 5 rings (SSSR count). The number of allylic oxidation sites excluding steroid dienone is 3. The number of unbranched alkanes of at least 4 members (excludes halogenated alkanes) is 2. The molecule has 1 saturated heterocycles. The molecule has 2 aliphatic heterocycles. The number of thiophene rings is 1. The summed E-state index contributed by atoms with van der Waals surface area (Å²) in [6.07, 6.45) is 7.28. The number of amides is 2. The predicted octanol–water partition coefficient (Wildman–Crippen LogP) is 6.79. The average Bonchev–Trinajstić information content (AvgIpc) is 3.55. The van der Waals surface area contributed by atoms with Crippen molar-refractivity contribution in [2.45, 2.75) is 96.6 Å². The Hall–Kier alpha value is -4.38. The highest BCUT2D eigenvalue weighted by atomic mass is 32.1. The van der Waals surface area contributed by atoms with Gasteiger partial charge in [0.2, 0.25) is 5.91 Å². The van der Waals surface area contributed by atoms with Crippen LogP contribution in [0.2, 0.25) is 0 Å². The number of nitrogens with zero attached hydrogens (tertiary/aromatic N) is 1. The first-order valence-electron chi connectivity index (χ1n) is 16.6. The first kappa shape index (κ1) is 34.9. The van der Waals surface area contributed by atoms with E-state index in [0.717, 1.165) is 48.1 Å². The Bertz CT molecular complexity index is 1640. The molecule has 2 amide bonds. The summed E-state index contributed by atoms with van der Waals surface area (Å²) in [6, 6.07) is 5.88. The quantitative estimate of drug-likeness (QED) is 0.0693. The van der Waals surface area contributed by atoms with Crippen LogP contribution in [0.15, 0.2) is 64.7 Å². The molecule has 10 nitrogen and oxygen atoms in total. The molecule has 0 bridgehead atoms. The molecular weight excluding hydrogens is 632 g/mol. The Kier molecular flexibility index (Phi) is 11.1. The minimum Gasteiger partial charge on any atom is -0.507 e. The fourth-order valence-corrected chi connectivity index (χ4v) is 7.76. The van der Waals surface area contributed by atoms with Crippen molar-refractivity contribution in [2.24, 2.45) is 5.92 Å². The molecule has 1 aliphatic carbocycles. The number of hydrogen-bond acceptors (Lipinski definition) is 8. The van der Waals surface area contributed by atoms with Gasteiger partial charge in [0.15, 0.2) is 0 Å². The number of nitrogens with one attached hydrogen (secondary N) is 1. The third-order valence-corrected chi connectivity index (χ3v) is 10.4. The summed E-state index contributed by atoms with van der Waals surface area (Å²) < 4.78 is 11.3. The maximum Gasteiger partial charge on any atom is 0.514 e. The predicted molar refractivity (Wildman–Crippen MR) is 182 cm³/mol. The minimum absolute atomic E-state index is 0.0384. The van der Waals surface area contributed by atoms with Crippen LogP contribution in [-0.2, 0) is 32.0 Å². The van der Waals surface area contributed by atoms with Crippen LogP contribution in [0.3, 0.4) is 0 Å². The lowest BCUT2D eigenvalue weighted by atomic mass is 9.73. The zero-order valence-corrected chi connectivity index (χ0v) is 28.6. The number of aryl methyl sites for hydroxylation is 1. The molecule has 3 heterocycles. The van der Waals surface area contributed by atoms with E-state index in [-0.39, 0.29) is 60.0 Å². The van der Waals surface area contributed by atoms with Gasteiger partial charge in [-0.15, -0.1) is 11.3 Å². The molecule has 3 N–H and O–H groups in total. The molecule has 0 spiro atoms. The molecule has 256 valence electrons. The third kappa shape index (κ3) is 7.67. The zero-order chi connectivity index (χ0) is 34.5. The van der Waals surface area contributed by atoms with Crippen LogP contribution in [0.1, 0.15) is 87.6 Å². The lowest BCUT2D eigenvalue weighted by Crippen LogP contribution is -2.71. The standard InChI is InChI=1S/C37H44N2O8S/c1-5-6-7-9-23-17-29(40)32(27-16-22(4)11-13-26(27)21(2)3)30(18-23)47-37(45)46-20-24-12-14-28-33(35(42)39(28)34(24)36(43)44)38-31(41)19-25-10-8-15-48-25/h8,10,15-18,26-28,33,40H,2,5-7,9,11-14,19-20H2,1,3-4H3,(H,38,41)(H,43,44)/t26-,27+,28?,33-/m0/s1. The number of carbonyl (C=O) groups is 4. The number of ether oxygens (including phenoxy) is 2. The van der Waals surface area contributed by atoms with Gasteiger partial charge in [-0.3, -0.25) is 14.5 Å². The average molecular weight is 677 g/mol. The van der Waals surface area contributed by atoms with Crippen LogP contribution < -0.4 is 10.1 Å². The van der Waals surface area contributed by atoms with Gasteiger partial charge in [0.1, 0.15) is 29.8 Å². The Morgan fingerprint density at radius 1 is 1.17 bits per heavy atom. The largest absolute Gasteiger partial charge is 0.514 e. The summed E-state index contributed by atoms with van der Waals surface area (Å²) in [5, 5.41) is 26.0. The van der Waals surface area contributed by atoms with Crippen molar-refractivity contribution < 1.29 is 38.9 Å². The van der Waals surface area contributed by atoms with Crippen LogP contribution in [0.5, 0.6) is 11.5 Å². The highest BCUT2D eigenvalue weighted by Gasteiger charge is 2.53. The molecule has 0 radical (unpaired) electrons. The van der Waals surface area contributed by atoms with Crippen molar-refractivity contribution in [3.8, 4) is 11.5 Å². The highest BCUT2D eigenvalue weighted by Crippen LogP contribution is 2.47. The Morgan fingerprint density at radius 2 is 1.96 bits per heavy atom. The molecule has 4 atom stereocenters. The summed E-state index contributed by atoms with van der Waals surface area (Å²) in [4.78, 5) is 53.2. The van der Waals surface area contributed by atoms with Crippen LogP contribution in [0.25, 0.3) is 0 Å². The number of β-lactam (4-membered cyclic amide) rings is 1. The van der Waals surface area contributed by atoms with Gasteiger partial charge in [0.25, 0.3) is 5.91 Å². The molecule has 1 unspecified atom stereocenters. The zero-order valence-electron chi connectivity index (χ0n) is 27.8. The van der Waals surface area contributed by atoms with Gasteiger partial charge in [0, 0.05) is 16.4 Å². The number of carboxylic acids is 1. The molecule has 3 aliphatic rings. The van der Waals surface area contributed by atoms with Crippen molar-refractivity contribution >= 4 is 35.3 Å². The molecule has 0 saturated carbocycles. The summed E-state index contributed by atoms with van der Waals surface area (Å²) >= 11 is 1.44. The monoisotopic (exact) mass is 676 g/mol. The smallest absolute Gasteiger partial charge is 0.507 e. The number of aromatic hydroxyl groups is 1. The number of phenolic OH excluding ortho intramolecular Hbond substituents is 1. The molecule has 2 aromatic rings. The van der Waals surface area contributed by atoms with Crippen LogP contribution in [0, 0.1) is 5.92 Å². The second-order valence-corrected chi connectivity index (χ2v) is 14.1. The summed E-state index contributed by atoms with van der Waals surface area (Å²) in [7, 11) is 0. The normalized spacial score (nSPS) is 21.9. The first-order valence-corrected chi connectivity index (χ1v) is 17.5. The van der Waals surface area contributed by atoms with E-state index in [0.29, 0.717) is 18.4 Å². The Morgan fingerprint density at radius 3 is 2.65 bits per heavy atom.